The van der Waals surface area contributed by atoms with E-state index in [-0.39, 0.29) is 40.7 Å². The van der Waals surface area contributed by atoms with Gasteiger partial charge in [-0.05, 0) is 23.5 Å². The van der Waals surface area contributed by atoms with Crippen molar-refractivity contribution >= 4 is 11.6 Å². The van der Waals surface area contributed by atoms with Crippen LogP contribution >= 0.6 is 11.6 Å². The third kappa shape index (κ3) is 3.16. The van der Waals surface area contributed by atoms with Crippen LogP contribution < -0.4 is 34.7 Å². The molecular formula is C11H14ClNaO. The van der Waals surface area contributed by atoms with Gasteiger partial charge in [-0.15, -0.1) is 0 Å². The maximum Gasteiger partial charge on any atom is 1.00 e. The molecule has 1 nitrogen and oxygen atoms in total. The second-order valence-electron chi connectivity index (χ2n) is 3.88. The summed E-state index contributed by atoms with van der Waals surface area (Å²) in [4.78, 5) is 0. The fraction of sp³-hybridized carbons (Fsp3) is 0.455. The predicted molar refractivity (Wildman–Crippen MR) is 54.2 cm³/mol. The molecule has 0 unspecified atom stereocenters. The van der Waals surface area contributed by atoms with E-state index in [1.807, 2.05) is 6.07 Å². The second-order valence-corrected chi connectivity index (χ2v) is 4.29. The van der Waals surface area contributed by atoms with Crippen LogP contribution in [0.3, 0.4) is 0 Å². The fourth-order valence-corrected chi connectivity index (χ4v) is 1.31. The summed E-state index contributed by atoms with van der Waals surface area (Å²) in [6, 6.07) is 5.17. The van der Waals surface area contributed by atoms with Gasteiger partial charge in [0.05, 0.1) is 0 Å². The first-order chi connectivity index (χ1) is 5.97. The van der Waals surface area contributed by atoms with E-state index in [4.69, 9.17) is 11.6 Å². The maximum atomic E-state index is 11.1. The van der Waals surface area contributed by atoms with Gasteiger partial charge in [0, 0.05) is 5.02 Å². The summed E-state index contributed by atoms with van der Waals surface area (Å²) in [5.74, 6) is -0.0997. The largest absolute Gasteiger partial charge is 1.00 e. The fourth-order valence-electron chi connectivity index (χ4n) is 1.13. The SMILES string of the molecule is CCC(C)(C)c1ccc([O-])c(Cl)c1.[Na+]. The van der Waals surface area contributed by atoms with Gasteiger partial charge >= 0.3 is 29.6 Å². The van der Waals surface area contributed by atoms with Gasteiger partial charge in [0.25, 0.3) is 0 Å². The Labute approximate surface area is 113 Å². The van der Waals surface area contributed by atoms with E-state index < -0.39 is 0 Å². The van der Waals surface area contributed by atoms with Gasteiger partial charge in [0.2, 0.25) is 0 Å². The van der Waals surface area contributed by atoms with Crippen LogP contribution in [0, 0.1) is 0 Å². The monoisotopic (exact) mass is 220 g/mol. The Kier molecular flexibility index (Phi) is 5.53. The van der Waals surface area contributed by atoms with Crippen molar-refractivity contribution in [1.29, 1.82) is 0 Å². The Morgan fingerprint density at radius 3 is 2.36 bits per heavy atom. The van der Waals surface area contributed by atoms with Gasteiger partial charge in [-0.3, -0.25) is 0 Å². The molecule has 0 amide bonds. The zero-order chi connectivity index (χ0) is 10.1. The Hall–Kier alpha value is 0.310. The van der Waals surface area contributed by atoms with Crippen LogP contribution in [0.2, 0.25) is 5.02 Å². The van der Waals surface area contributed by atoms with Gasteiger partial charge < -0.3 is 5.11 Å². The van der Waals surface area contributed by atoms with Gasteiger partial charge in [-0.1, -0.05) is 50.3 Å². The summed E-state index contributed by atoms with van der Waals surface area (Å²) in [7, 11) is 0. The van der Waals surface area contributed by atoms with Gasteiger partial charge in [0.15, 0.2) is 0 Å². The van der Waals surface area contributed by atoms with Gasteiger partial charge in [-0.25, -0.2) is 0 Å². The maximum absolute atomic E-state index is 11.1. The number of hydrogen-bond acceptors (Lipinski definition) is 1. The van der Waals surface area contributed by atoms with E-state index in [9.17, 15) is 5.11 Å². The smallest absolute Gasteiger partial charge is 0.871 e. The molecule has 0 bridgehead atoms. The molecule has 1 aromatic rings. The zero-order valence-corrected chi connectivity index (χ0v) is 12.0. The molecule has 0 heterocycles. The first-order valence-corrected chi connectivity index (χ1v) is 4.82. The molecule has 3 heteroatoms. The Morgan fingerprint density at radius 1 is 1.36 bits per heavy atom. The molecular weight excluding hydrogens is 207 g/mol. The van der Waals surface area contributed by atoms with Crippen molar-refractivity contribution < 1.29 is 34.7 Å². The van der Waals surface area contributed by atoms with Crippen molar-refractivity contribution in [1.82, 2.24) is 0 Å². The molecule has 72 valence electrons. The van der Waals surface area contributed by atoms with E-state index in [2.05, 4.69) is 20.8 Å². The minimum atomic E-state index is -0.0997. The van der Waals surface area contributed by atoms with Crippen LogP contribution in [0.15, 0.2) is 18.2 Å². The molecule has 0 aromatic heterocycles. The molecule has 0 atom stereocenters. The van der Waals surface area contributed by atoms with Crippen LogP contribution in [-0.2, 0) is 5.41 Å². The first kappa shape index (κ1) is 14.3. The van der Waals surface area contributed by atoms with Crippen LogP contribution in [-0.4, -0.2) is 0 Å². The predicted octanol–water partition coefficient (Wildman–Crippen LogP) is 0.105. The third-order valence-corrected chi connectivity index (χ3v) is 2.89. The van der Waals surface area contributed by atoms with Crippen LogP contribution in [0.4, 0.5) is 0 Å². The van der Waals surface area contributed by atoms with Crippen molar-refractivity contribution in [2.24, 2.45) is 0 Å². The molecule has 1 rings (SSSR count). The van der Waals surface area contributed by atoms with Gasteiger partial charge in [0.1, 0.15) is 0 Å². The molecule has 0 aliphatic rings. The van der Waals surface area contributed by atoms with Crippen molar-refractivity contribution in [2.45, 2.75) is 32.6 Å². The summed E-state index contributed by atoms with van der Waals surface area (Å²) in [6.45, 7) is 6.41. The summed E-state index contributed by atoms with van der Waals surface area (Å²) in [6.07, 6.45) is 1.03. The number of hydrogen-bond donors (Lipinski definition) is 0. The van der Waals surface area contributed by atoms with Crippen molar-refractivity contribution in [3.8, 4) is 5.75 Å². The third-order valence-electron chi connectivity index (χ3n) is 2.60. The summed E-state index contributed by atoms with van der Waals surface area (Å²) in [5.41, 5.74) is 1.22. The Bertz CT molecular complexity index is 310. The minimum Gasteiger partial charge on any atom is -0.871 e. The number of benzene rings is 1. The Morgan fingerprint density at radius 2 is 1.93 bits per heavy atom. The quantitative estimate of drug-likeness (QED) is 0.649. The van der Waals surface area contributed by atoms with E-state index in [0.29, 0.717) is 5.02 Å². The first-order valence-electron chi connectivity index (χ1n) is 4.44. The standard InChI is InChI=1S/C11H15ClO.Na/c1-4-11(2,3)8-5-6-10(13)9(12)7-8;/h5-7,13H,4H2,1-3H3;/q;+1/p-1. The van der Waals surface area contributed by atoms with Crippen LogP contribution in [0.1, 0.15) is 32.8 Å². The molecule has 0 radical (unpaired) electrons. The molecule has 1 aromatic carbocycles. The topological polar surface area (TPSA) is 23.1 Å². The Balaban J connectivity index is 0.00000169. The molecule has 0 N–H and O–H groups in total. The van der Waals surface area contributed by atoms with Gasteiger partial charge in [-0.2, -0.15) is 0 Å². The van der Waals surface area contributed by atoms with Crippen molar-refractivity contribution in [3.63, 3.8) is 0 Å². The van der Waals surface area contributed by atoms with Crippen molar-refractivity contribution in [3.05, 3.63) is 28.8 Å². The normalized spacial score (nSPS) is 10.9. The zero-order valence-electron chi connectivity index (χ0n) is 9.23. The van der Waals surface area contributed by atoms with Crippen LogP contribution in [0.25, 0.3) is 0 Å². The molecule has 0 saturated heterocycles. The average Bonchev–Trinajstić information content (AvgIpc) is 2.09. The molecule has 0 aliphatic carbocycles. The molecule has 0 fully saturated rings. The molecule has 0 spiro atoms. The summed E-state index contributed by atoms with van der Waals surface area (Å²) < 4.78 is 0. The van der Waals surface area contributed by atoms with E-state index in [0.717, 1.165) is 12.0 Å². The second kappa shape index (κ2) is 5.41. The summed E-state index contributed by atoms with van der Waals surface area (Å²) in [5, 5.41) is 11.4. The average molecular weight is 221 g/mol. The van der Waals surface area contributed by atoms with E-state index in [1.165, 1.54) is 6.07 Å². The number of halogens is 1. The summed E-state index contributed by atoms with van der Waals surface area (Å²) >= 11 is 5.76. The molecule has 0 saturated carbocycles. The van der Waals surface area contributed by atoms with Crippen LogP contribution in [0.5, 0.6) is 5.75 Å². The molecule has 0 aliphatic heterocycles. The molecule has 14 heavy (non-hydrogen) atoms. The van der Waals surface area contributed by atoms with Crippen molar-refractivity contribution in [2.75, 3.05) is 0 Å². The number of rotatable bonds is 2. The van der Waals surface area contributed by atoms with E-state index in [1.54, 1.807) is 6.07 Å². The van der Waals surface area contributed by atoms with E-state index >= 15 is 0 Å². The minimum absolute atomic E-state index is 0.